The zero-order valence-electron chi connectivity index (χ0n) is 22.8. The average Bonchev–Trinajstić information content (AvgIpc) is 3.15. The number of hydrogen-bond acceptors (Lipinski definition) is 8. The minimum atomic E-state index is -1.98. The summed E-state index contributed by atoms with van der Waals surface area (Å²) >= 11 is 0. The highest BCUT2D eigenvalue weighted by atomic mass is 28.4. The summed E-state index contributed by atoms with van der Waals surface area (Å²) < 4.78 is 32.6. The minimum absolute atomic E-state index is 0.0629. The van der Waals surface area contributed by atoms with Crippen molar-refractivity contribution >= 4 is 20.0 Å². The largest absolute Gasteiger partial charge is 0.457 e. The first-order valence-corrected chi connectivity index (χ1v) is 15.5. The van der Waals surface area contributed by atoms with E-state index in [1.807, 2.05) is 24.8 Å². The maximum atomic E-state index is 15.3. The molecule has 4 rings (SSSR count). The van der Waals surface area contributed by atoms with Crippen LogP contribution in [0.1, 0.15) is 46.6 Å². The summed E-state index contributed by atoms with van der Waals surface area (Å²) in [5.41, 5.74) is 2.55. The van der Waals surface area contributed by atoms with Gasteiger partial charge in [-0.3, -0.25) is 0 Å². The summed E-state index contributed by atoms with van der Waals surface area (Å²) in [7, 11) is -1.98. The van der Waals surface area contributed by atoms with Crippen LogP contribution in [0.5, 0.6) is 0 Å². The monoisotopic (exact) mass is 528 g/mol. The Morgan fingerprint density at radius 2 is 1.86 bits per heavy atom. The second-order valence-electron chi connectivity index (χ2n) is 11.4. The van der Waals surface area contributed by atoms with Crippen LogP contribution in [0, 0.1) is 5.82 Å². The third-order valence-corrected chi connectivity index (χ3v) is 11.4. The van der Waals surface area contributed by atoms with Crippen molar-refractivity contribution < 1.29 is 23.1 Å². The van der Waals surface area contributed by atoms with Gasteiger partial charge in [-0.1, -0.05) is 44.1 Å². The van der Waals surface area contributed by atoms with Crippen LogP contribution in [0.2, 0.25) is 18.1 Å². The van der Waals surface area contributed by atoms with Crippen LogP contribution in [0.4, 0.5) is 10.3 Å². The molecule has 0 unspecified atom stereocenters. The van der Waals surface area contributed by atoms with Gasteiger partial charge in [-0.05, 0) is 18.1 Å². The molecule has 1 aromatic heterocycles. The van der Waals surface area contributed by atoms with Crippen LogP contribution in [-0.2, 0) is 25.3 Å². The smallest absolute Gasteiger partial charge is 0.244 e. The third-order valence-electron chi connectivity index (χ3n) is 6.94. The summed E-state index contributed by atoms with van der Waals surface area (Å²) in [6.07, 6.45) is 5.52. The van der Waals surface area contributed by atoms with Crippen molar-refractivity contribution in [3.63, 3.8) is 0 Å². The molecule has 0 radical (unpaired) electrons. The molecule has 2 aromatic rings. The SMILES string of the molecule is CC1(C)OC=C(CCON=C2CN(c3ncc(-c4cccc(CO[Si](C)(C)C(C)(C)C)c4F)cn3)C2)O1. The van der Waals surface area contributed by atoms with Gasteiger partial charge in [-0.2, -0.15) is 0 Å². The van der Waals surface area contributed by atoms with Crippen molar-refractivity contribution in [1.29, 1.82) is 0 Å². The topological polar surface area (TPSA) is 78.3 Å². The van der Waals surface area contributed by atoms with Crippen LogP contribution in [0.15, 0.2) is 47.8 Å². The average molecular weight is 529 g/mol. The van der Waals surface area contributed by atoms with Crippen molar-refractivity contribution in [2.24, 2.45) is 5.16 Å². The fourth-order valence-corrected chi connectivity index (χ4v) is 4.52. The summed E-state index contributed by atoms with van der Waals surface area (Å²) in [5.74, 6) is 0.421. The summed E-state index contributed by atoms with van der Waals surface area (Å²) in [6, 6.07) is 5.36. The molecule has 0 bridgehead atoms. The number of aromatic nitrogens is 2. The molecule has 1 fully saturated rings. The Balaban J connectivity index is 1.29. The Hall–Kier alpha value is -2.98. The number of nitrogens with zero attached hydrogens (tertiary/aromatic N) is 4. The molecule has 0 spiro atoms. The number of ether oxygens (including phenoxy) is 2. The normalized spacial score (nSPS) is 17.0. The third kappa shape index (κ3) is 6.48. The van der Waals surface area contributed by atoms with Gasteiger partial charge in [0.25, 0.3) is 0 Å². The number of rotatable bonds is 9. The van der Waals surface area contributed by atoms with E-state index in [1.54, 1.807) is 30.8 Å². The second kappa shape index (κ2) is 10.4. The fraction of sp³-hybridized carbons (Fsp3) is 0.519. The second-order valence-corrected chi connectivity index (χ2v) is 16.2. The van der Waals surface area contributed by atoms with Crippen LogP contribution >= 0.6 is 0 Å². The van der Waals surface area contributed by atoms with Crippen molar-refractivity contribution in [3.8, 4) is 11.1 Å². The van der Waals surface area contributed by atoms with Crippen LogP contribution in [0.25, 0.3) is 11.1 Å². The quantitative estimate of drug-likeness (QED) is 0.224. The molecule has 1 aromatic carbocycles. The molecule has 200 valence electrons. The van der Waals surface area contributed by atoms with E-state index < -0.39 is 14.1 Å². The highest BCUT2D eigenvalue weighted by Crippen LogP contribution is 2.37. The van der Waals surface area contributed by atoms with Gasteiger partial charge in [0, 0.05) is 49.4 Å². The van der Waals surface area contributed by atoms with E-state index in [1.165, 1.54) is 0 Å². The first-order chi connectivity index (χ1) is 17.3. The number of hydrogen-bond donors (Lipinski definition) is 0. The van der Waals surface area contributed by atoms with E-state index in [0.717, 1.165) is 11.5 Å². The minimum Gasteiger partial charge on any atom is -0.457 e. The van der Waals surface area contributed by atoms with E-state index in [4.69, 9.17) is 18.7 Å². The highest BCUT2D eigenvalue weighted by Gasteiger charge is 2.37. The predicted octanol–water partition coefficient (Wildman–Crippen LogP) is 6.01. The van der Waals surface area contributed by atoms with Crippen molar-refractivity contribution in [3.05, 3.63) is 54.0 Å². The van der Waals surface area contributed by atoms with E-state index in [0.29, 0.717) is 48.8 Å². The molecule has 37 heavy (non-hydrogen) atoms. The Morgan fingerprint density at radius 3 is 2.49 bits per heavy atom. The Labute approximate surface area is 219 Å². The predicted molar refractivity (Wildman–Crippen MR) is 144 cm³/mol. The maximum absolute atomic E-state index is 15.3. The van der Waals surface area contributed by atoms with Gasteiger partial charge in [0.15, 0.2) is 8.32 Å². The molecule has 10 heteroatoms. The zero-order chi connectivity index (χ0) is 26.8. The molecule has 0 N–H and O–H groups in total. The van der Waals surface area contributed by atoms with E-state index >= 15 is 4.39 Å². The van der Waals surface area contributed by atoms with Gasteiger partial charge in [-0.25, -0.2) is 14.4 Å². The lowest BCUT2D eigenvalue weighted by Gasteiger charge is -2.36. The van der Waals surface area contributed by atoms with Gasteiger partial charge < -0.3 is 23.6 Å². The van der Waals surface area contributed by atoms with Gasteiger partial charge in [0.05, 0.1) is 25.4 Å². The molecule has 0 atom stereocenters. The van der Waals surface area contributed by atoms with Crippen molar-refractivity contribution in [2.75, 3.05) is 24.6 Å². The summed E-state index contributed by atoms with van der Waals surface area (Å²) in [5, 5.41) is 4.24. The van der Waals surface area contributed by atoms with E-state index in [9.17, 15) is 0 Å². The van der Waals surface area contributed by atoms with Crippen LogP contribution in [-0.4, -0.2) is 49.5 Å². The standard InChI is InChI=1S/C27H37FN4O4Si/c1-26(2,3)37(6,7)35-17-19-9-8-10-23(24(19)28)20-13-29-25(30-14-20)32-15-21(16-32)31-34-12-11-22-18-33-27(4,5)36-22/h8-10,13-14,18H,11-12,15-17H2,1-7H3. The first kappa shape index (κ1) is 27.1. The highest BCUT2D eigenvalue weighted by molar-refractivity contribution is 6.74. The number of benzene rings is 1. The van der Waals surface area contributed by atoms with Gasteiger partial charge in [0.2, 0.25) is 11.7 Å². The summed E-state index contributed by atoms with van der Waals surface area (Å²) in [4.78, 5) is 16.3. The molecule has 0 saturated carbocycles. The molecule has 8 nitrogen and oxygen atoms in total. The zero-order valence-corrected chi connectivity index (χ0v) is 23.8. The molecule has 0 aliphatic carbocycles. The van der Waals surface area contributed by atoms with E-state index in [2.05, 4.69) is 49.0 Å². The number of halogens is 1. The van der Waals surface area contributed by atoms with Crippen LogP contribution in [0.3, 0.4) is 0 Å². The first-order valence-electron chi connectivity index (χ1n) is 12.6. The molecule has 2 aliphatic rings. The van der Waals surface area contributed by atoms with Gasteiger partial charge in [0.1, 0.15) is 24.4 Å². The lowest BCUT2D eigenvalue weighted by molar-refractivity contribution is -0.118. The number of oxime groups is 1. The Kier molecular flexibility index (Phi) is 7.61. The Bertz CT molecular complexity index is 1170. The Morgan fingerprint density at radius 1 is 1.16 bits per heavy atom. The van der Waals surface area contributed by atoms with Gasteiger partial charge in [-0.15, -0.1) is 0 Å². The molecule has 2 aliphatic heterocycles. The molecule has 1 saturated heterocycles. The summed E-state index contributed by atoms with van der Waals surface area (Å²) in [6.45, 7) is 16.4. The van der Waals surface area contributed by atoms with Crippen LogP contribution < -0.4 is 4.90 Å². The molecule has 0 amide bonds. The van der Waals surface area contributed by atoms with E-state index in [-0.39, 0.29) is 17.5 Å². The lowest BCUT2D eigenvalue weighted by Crippen LogP contribution is -2.48. The number of anilines is 1. The van der Waals surface area contributed by atoms with Crippen molar-refractivity contribution in [1.82, 2.24) is 9.97 Å². The van der Waals surface area contributed by atoms with Crippen molar-refractivity contribution in [2.45, 2.75) is 71.6 Å². The molecular formula is C27H37FN4O4Si. The fourth-order valence-electron chi connectivity index (χ4n) is 3.57. The van der Waals surface area contributed by atoms with Gasteiger partial charge >= 0.3 is 0 Å². The maximum Gasteiger partial charge on any atom is 0.244 e. The lowest BCUT2D eigenvalue weighted by atomic mass is 10.1. The molecular weight excluding hydrogens is 491 g/mol. The molecule has 3 heterocycles.